The number of halogens is 1. The number of carbonyl (C=O) groups excluding carboxylic acids is 1. The van der Waals surface area contributed by atoms with Gasteiger partial charge in [0.2, 0.25) is 5.91 Å². The van der Waals surface area contributed by atoms with Crippen LogP contribution in [0.2, 0.25) is 0 Å². The molecule has 0 saturated carbocycles. The highest BCUT2D eigenvalue weighted by atomic mass is 35.5. The summed E-state index contributed by atoms with van der Waals surface area (Å²) in [5, 5.41) is 6.16. The van der Waals surface area contributed by atoms with Gasteiger partial charge < -0.3 is 10.6 Å². The van der Waals surface area contributed by atoms with E-state index in [9.17, 15) is 4.79 Å². The Morgan fingerprint density at radius 2 is 2.18 bits per heavy atom. The van der Waals surface area contributed by atoms with Gasteiger partial charge in [-0.3, -0.25) is 4.79 Å². The average molecular weight is 177 g/mol. The van der Waals surface area contributed by atoms with Gasteiger partial charge in [-0.1, -0.05) is 0 Å². The highest BCUT2D eigenvalue weighted by molar-refractivity contribution is 5.85. The molecule has 1 spiro atoms. The van der Waals surface area contributed by atoms with Crippen molar-refractivity contribution in [2.75, 3.05) is 19.6 Å². The van der Waals surface area contributed by atoms with Gasteiger partial charge in [-0.15, -0.1) is 12.4 Å². The molecule has 3 nitrogen and oxygen atoms in total. The van der Waals surface area contributed by atoms with Crippen molar-refractivity contribution in [2.45, 2.75) is 12.8 Å². The van der Waals surface area contributed by atoms with Crippen molar-refractivity contribution in [3.63, 3.8) is 0 Å². The van der Waals surface area contributed by atoms with E-state index in [4.69, 9.17) is 0 Å². The zero-order chi connectivity index (χ0) is 7.03. The summed E-state index contributed by atoms with van der Waals surface area (Å²) in [6.07, 6.45) is 1.89. The summed E-state index contributed by atoms with van der Waals surface area (Å²) in [5.41, 5.74) is 0.289. The Bertz CT molecular complexity index is 166. The van der Waals surface area contributed by atoms with E-state index in [0.717, 1.165) is 32.5 Å². The van der Waals surface area contributed by atoms with E-state index in [-0.39, 0.29) is 23.7 Å². The van der Waals surface area contributed by atoms with Crippen LogP contribution in [0.1, 0.15) is 12.8 Å². The Kier molecular flexibility index (Phi) is 2.40. The third-order valence-electron chi connectivity index (χ3n) is 2.53. The predicted octanol–water partition coefficient (Wildman–Crippen LogP) is -0.0922. The molecule has 0 unspecified atom stereocenters. The van der Waals surface area contributed by atoms with Crippen LogP contribution < -0.4 is 10.6 Å². The van der Waals surface area contributed by atoms with E-state index in [1.54, 1.807) is 0 Å². The average Bonchev–Trinajstić information content (AvgIpc) is 2.46. The van der Waals surface area contributed by atoms with Crippen molar-refractivity contribution < 1.29 is 4.79 Å². The highest BCUT2D eigenvalue weighted by Crippen LogP contribution is 2.31. The molecular formula is C7H13ClN2O. The van der Waals surface area contributed by atoms with Gasteiger partial charge in [0.15, 0.2) is 0 Å². The van der Waals surface area contributed by atoms with Crippen molar-refractivity contribution in [1.82, 2.24) is 10.6 Å². The van der Waals surface area contributed by atoms with Gasteiger partial charge in [0.05, 0.1) is 0 Å². The van der Waals surface area contributed by atoms with E-state index in [1.165, 1.54) is 0 Å². The Hall–Kier alpha value is -0.280. The Labute approximate surface area is 72.3 Å². The summed E-state index contributed by atoms with van der Waals surface area (Å²) < 4.78 is 0. The van der Waals surface area contributed by atoms with Crippen LogP contribution >= 0.6 is 12.4 Å². The Morgan fingerprint density at radius 1 is 1.36 bits per heavy atom. The summed E-state index contributed by atoms with van der Waals surface area (Å²) >= 11 is 0. The summed E-state index contributed by atoms with van der Waals surface area (Å²) in [6.45, 7) is 2.99. The van der Waals surface area contributed by atoms with Gasteiger partial charge in [0.25, 0.3) is 0 Å². The molecule has 0 bridgehead atoms. The van der Waals surface area contributed by atoms with Crippen LogP contribution in [0.5, 0.6) is 0 Å². The molecule has 2 saturated heterocycles. The second kappa shape index (κ2) is 2.99. The molecule has 0 aromatic carbocycles. The first-order valence-corrected chi connectivity index (χ1v) is 3.78. The minimum Gasteiger partial charge on any atom is -0.355 e. The first kappa shape index (κ1) is 8.81. The molecule has 2 aliphatic rings. The van der Waals surface area contributed by atoms with Crippen LogP contribution in [0.3, 0.4) is 0 Å². The summed E-state index contributed by atoms with van der Waals surface area (Å²) in [6, 6.07) is 0. The molecule has 2 aliphatic heterocycles. The number of amides is 1. The summed E-state index contributed by atoms with van der Waals surface area (Å²) in [5.74, 6) is 0.226. The molecule has 0 aromatic heterocycles. The standard InChI is InChI=1S/C7H12N2O.ClH/c10-6-3-7(5-9-6)1-2-8-4-7;/h8H,1-5H2,(H,9,10);1H/t7-;/m0./s1. The SMILES string of the molecule is Cl.O=C1C[C@]2(CCNC2)CN1. The predicted molar refractivity (Wildman–Crippen MR) is 44.8 cm³/mol. The van der Waals surface area contributed by atoms with Crippen LogP contribution in [0.4, 0.5) is 0 Å². The summed E-state index contributed by atoms with van der Waals surface area (Å²) in [4.78, 5) is 10.9. The zero-order valence-corrected chi connectivity index (χ0v) is 7.17. The number of carbonyl (C=O) groups is 1. The lowest BCUT2D eigenvalue weighted by Crippen LogP contribution is -2.26. The number of rotatable bonds is 0. The molecule has 0 aliphatic carbocycles. The maximum Gasteiger partial charge on any atom is 0.220 e. The first-order chi connectivity index (χ1) is 4.81. The van der Waals surface area contributed by atoms with E-state index in [1.807, 2.05) is 0 Å². The fraction of sp³-hybridized carbons (Fsp3) is 0.857. The topological polar surface area (TPSA) is 41.1 Å². The quantitative estimate of drug-likeness (QED) is 0.542. The first-order valence-electron chi connectivity index (χ1n) is 3.78. The number of hydrogen-bond donors (Lipinski definition) is 2. The van der Waals surface area contributed by atoms with Crippen LogP contribution in [0, 0.1) is 5.41 Å². The minimum absolute atomic E-state index is 0. The van der Waals surface area contributed by atoms with E-state index in [0.29, 0.717) is 0 Å². The fourth-order valence-corrected chi connectivity index (χ4v) is 1.85. The lowest BCUT2D eigenvalue weighted by molar-refractivity contribution is -0.119. The molecule has 2 rings (SSSR count). The van der Waals surface area contributed by atoms with Crippen LogP contribution in [-0.2, 0) is 4.79 Å². The second-order valence-electron chi connectivity index (χ2n) is 3.38. The van der Waals surface area contributed by atoms with E-state index < -0.39 is 0 Å². The summed E-state index contributed by atoms with van der Waals surface area (Å²) in [7, 11) is 0. The van der Waals surface area contributed by atoms with Crippen molar-refractivity contribution in [1.29, 1.82) is 0 Å². The lowest BCUT2D eigenvalue weighted by atomic mass is 9.86. The van der Waals surface area contributed by atoms with Crippen molar-refractivity contribution >= 4 is 18.3 Å². The zero-order valence-electron chi connectivity index (χ0n) is 6.35. The van der Waals surface area contributed by atoms with E-state index in [2.05, 4.69) is 10.6 Å². The van der Waals surface area contributed by atoms with Gasteiger partial charge >= 0.3 is 0 Å². The molecule has 0 radical (unpaired) electrons. The molecule has 1 atom stereocenters. The van der Waals surface area contributed by atoms with Crippen molar-refractivity contribution in [2.24, 2.45) is 5.41 Å². The van der Waals surface area contributed by atoms with Crippen LogP contribution in [0.15, 0.2) is 0 Å². The number of nitrogens with one attached hydrogen (secondary N) is 2. The lowest BCUT2D eigenvalue weighted by Gasteiger charge is -2.17. The Morgan fingerprint density at radius 3 is 2.64 bits per heavy atom. The monoisotopic (exact) mass is 176 g/mol. The maximum atomic E-state index is 10.9. The fourth-order valence-electron chi connectivity index (χ4n) is 1.85. The molecule has 2 heterocycles. The molecule has 2 fully saturated rings. The Balaban J connectivity index is 0.000000605. The smallest absolute Gasteiger partial charge is 0.220 e. The van der Waals surface area contributed by atoms with Gasteiger partial charge in [-0.05, 0) is 13.0 Å². The largest absolute Gasteiger partial charge is 0.355 e. The van der Waals surface area contributed by atoms with Crippen molar-refractivity contribution in [3.05, 3.63) is 0 Å². The molecule has 64 valence electrons. The molecule has 2 N–H and O–H groups in total. The van der Waals surface area contributed by atoms with Crippen molar-refractivity contribution in [3.8, 4) is 0 Å². The van der Waals surface area contributed by atoms with E-state index >= 15 is 0 Å². The maximum absolute atomic E-state index is 10.9. The molecule has 0 aromatic rings. The van der Waals surface area contributed by atoms with Gasteiger partial charge in [0.1, 0.15) is 0 Å². The highest BCUT2D eigenvalue weighted by Gasteiger charge is 2.40. The molecule has 1 amide bonds. The van der Waals surface area contributed by atoms with Crippen LogP contribution in [0.25, 0.3) is 0 Å². The van der Waals surface area contributed by atoms with Crippen LogP contribution in [-0.4, -0.2) is 25.5 Å². The normalized spacial score (nSPS) is 35.5. The van der Waals surface area contributed by atoms with Gasteiger partial charge in [0, 0.05) is 24.9 Å². The third kappa shape index (κ3) is 1.49. The molecular weight excluding hydrogens is 164 g/mol. The second-order valence-corrected chi connectivity index (χ2v) is 3.38. The molecule has 4 heteroatoms. The van der Waals surface area contributed by atoms with Gasteiger partial charge in [-0.2, -0.15) is 0 Å². The number of hydrogen-bond acceptors (Lipinski definition) is 2. The minimum atomic E-state index is 0. The third-order valence-corrected chi connectivity index (χ3v) is 2.53. The van der Waals surface area contributed by atoms with Gasteiger partial charge in [-0.25, -0.2) is 0 Å². The molecule has 11 heavy (non-hydrogen) atoms.